The highest BCUT2D eigenvalue weighted by atomic mass is 16.5. The molecule has 2 aromatic rings. The molecule has 0 fully saturated rings. The molecule has 0 aliphatic carbocycles. The number of aromatic nitrogens is 3. The van der Waals surface area contributed by atoms with Crippen molar-refractivity contribution in [3.63, 3.8) is 0 Å². The topological polar surface area (TPSA) is 87.2 Å². The Morgan fingerprint density at radius 2 is 2.09 bits per heavy atom. The van der Waals surface area contributed by atoms with Crippen LogP contribution in [0.3, 0.4) is 0 Å². The van der Waals surface area contributed by atoms with Gasteiger partial charge in [0.05, 0.1) is 18.2 Å². The van der Waals surface area contributed by atoms with Crippen molar-refractivity contribution in [1.82, 2.24) is 19.7 Å². The number of ether oxygens (including phenoxy) is 1. The first-order valence-corrected chi connectivity index (χ1v) is 7.58. The number of rotatable bonds is 5. The SMILES string of the molecule is Cc1nnc2n1CCN(CC(O)COc1ccc(C#N)cc1)C2. The molecule has 0 amide bonds. The Labute approximate surface area is 134 Å². The summed E-state index contributed by atoms with van der Waals surface area (Å²) in [4.78, 5) is 2.15. The lowest BCUT2D eigenvalue weighted by molar-refractivity contribution is 0.0582. The number of fused-ring (bicyclic) bond motifs is 1. The minimum Gasteiger partial charge on any atom is -0.491 e. The highest BCUT2D eigenvalue weighted by Gasteiger charge is 2.21. The van der Waals surface area contributed by atoms with Crippen molar-refractivity contribution in [2.24, 2.45) is 0 Å². The molecule has 1 aromatic heterocycles. The van der Waals surface area contributed by atoms with Gasteiger partial charge in [0.25, 0.3) is 0 Å². The Bertz CT molecular complexity index is 704. The predicted octanol–water partition coefficient (Wildman–Crippen LogP) is 0.714. The summed E-state index contributed by atoms with van der Waals surface area (Å²) in [6.07, 6.45) is -0.582. The van der Waals surface area contributed by atoms with Gasteiger partial charge in [-0.05, 0) is 31.2 Å². The van der Waals surface area contributed by atoms with Gasteiger partial charge >= 0.3 is 0 Å². The van der Waals surface area contributed by atoms with Crippen molar-refractivity contribution in [3.8, 4) is 11.8 Å². The molecule has 7 heteroatoms. The Morgan fingerprint density at radius 3 is 2.83 bits per heavy atom. The Hall–Kier alpha value is -2.43. The number of β-amino-alcohol motifs (C(OH)–C–C–N with tert-alkyl or cyclic N) is 1. The van der Waals surface area contributed by atoms with Crippen LogP contribution < -0.4 is 4.74 Å². The van der Waals surface area contributed by atoms with Crippen LogP contribution in [0, 0.1) is 18.3 Å². The third kappa shape index (κ3) is 3.67. The largest absolute Gasteiger partial charge is 0.491 e. The van der Waals surface area contributed by atoms with Gasteiger partial charge in [0.2, 0.25) is 0 Å². The van der Waals surface area contributed by atoms with Gasteiger partial charge in [-0.1, -0.05) is 0 Å². The second-order valence-electron chi connectivity index (χ2n) is 5.65. The third-order valence-corrected chi connectivity index (χ3v) is 3.91. The lowest BCUT2D eigenvalue weighted by atomic mass is 10.2. The molecule has 1 unspecified atom stereocenters. The fraction of sp³-hybridized carbons (Fsp3) is 0.438. The average molecular weight is 313 g/mol. The minimum atomic E-state index is -0.582. The van der Waals surface area contributed by atoms with E-state index in [1.165, 1.54) is 0 Å². The first kappa shape index (κ1) is 15.5. The number of hydrogen-bond acceptors (Lipinski definition) is 6. The van der Waals surface area contributed by atoms with Crippen LogP contribution in [0.1, 0.15) is 17.2 Å². The van der Waals surface area contributed by atoms with E-state index in [4.69, 9.17) is 10.00 Å². The summed E-state index contributed by atoms with van der Waals surface area (Å²) >= 11 is 0. The molecule has 23 heavy (non-hydrogen) atoms. The first-order chi connectivity index (χ1) is 11.2. The van der Waals surface area contributed by atoms with E-state index in [2.05, 4.69) is 25.7 Å². The van der Waals surface area contributed by atoms with Crippen LogP contribution in [0.2, 0.25) is 0 Å². The van der Waals surface area contributed by atoms with Crippen LogP contribution in [-0.2, 0) is 13.1 Å². The van der Waals surface area contributed by atoms with Crippen LogP contribution in [-0.4, -0.2) is 50.6 Å². The molecule has 0 radical (unpaired) electrons. The molecule has 3 rings (SSSR count). The van der Waals surface area contributed by atoms with Crippen molar-refractivity contribution in [2.75, 3.05) is 19.7 Å². The van der Waals surface area contributed by atoms with Crippen LogP contribution in [0.15, 0.2) is 24.3 Å². The van der Waals surface area contributed by atoms with Gasteiger partial charge < -0.3 is 14.4 Å². The maximum atomic E-state index is 10.2. The lowest BCUT2D eigenvalue weighted by Gasteiger charge is -2.29. The maximum Gasteiger partial charge on any atom is 0.147 e. The van der Waals surface area contributed by atoms with Gasteiger partial charge in [0.15, 0.2) is 0 Å². The number of nitrogens with zero attached hydrogens (tertiary/aromatic N) is 5. The Morgan fingerprint density at radius 1 is 1.30 bits per heavy atom. The number of aryl methyl sites for hydroxylation is 1. The molecule has 0 saturated carbocycles. The summed E-state index contributed by atoms with van der Waals surface area (Å²) in [5, 5.41) is 27.1. The fourth-order valence-electron chi connectivity index (χ4n) is 2.68. The molecule has 2 heterocycles. The zero-order valence-corrected chi connectivity index (χ0v) is 13.0. The lowest BCUT2D eigenvalue weighted by Crippen LogP contribution is -2.40. The maximum absolute atomic E-state index is 10.2. The van der Waals surface area contributed by atoms with Crippen LogP contribution in [0.25, 0.3) is 0 Å². The predicted molar refractivity (Wildman–Crippen MR) is 82.7 cm³/mol. The van der Waals surface area contributed by atoms with E-state index < -0.39 is 6.10 Å². The van der Waals surface area contributed by atoms with E-state index >= 15 is 0 Å². The first-order valence-electron chi connectivity index (χ1n) is 7.58. The normalized spacial score (nSPS) is 15.7. The summed E-state index contributed by atoms with van der Waals surface area (Å²) in [5.74, 6) is 2.52. The Kier molecular flexibility index (Phi) is 4.55. The third-order valence-electron chi connectivity index (χ3n) is 3.91. The monoisotopic (exact) mass is 313 g/mol. The van der Waals surface area contributed by atoms with Crippen molar-refractivity contribution >= 4 is 0 Å². The number of hydrogen-bond donors (Lipinski definition) is 1. The molecular formula is C16H19N5O2. The van der Waals surface area contributed by atoms with E-state index in [1.807, 2.05) is 6.92 Å². The standard InChI is InChI=1S/C16H19N5O2/c1-12-18-19-16-10-20(6-7-21(12)16)9-14(22)11-23-15-4-2-13(8-17)3-5-15/h2-5,14,22H,6-7,9-11H2,1H3. The number of benzene rings is 1. The van der Waals surface area contributed by atoms with Crippen molar-refractivity contribution in [2.45, 2.75) is 26.1 Å². The second-order valence-corrected chi connectivity index (χ2v) is 5.65. The molecule has 1 aliphatic heterocycles. The average Bonchev–Trinajstić information content (AvgIpc) is 2.94. The highest BCUT2D eigenvalue weighted by molar-refractivity contribution is 5.34. The molecular weight excluding hydrogens is 294 g/mol. The minimum absolute atomic E-state index is 0.216. The van der Waals surface area contributed by atoms with Gasteiger partial charge in [-0.15, -0.1) is 10.2 Å². The molecule has 0 spiro atoms. The summed E-state index contributed by atoms with van der Waals surface area (Å²) in [7, 11) is 0. The van der Waals surface area contributed by atoms with Gasteiger partial charge in [0, 0.05) is 19.6 Å². The van der Waals surface area contributed by atoms with Crippen LogP contribution in [0.5, 0.6) is 5.75 Å². The van der Waals surface area contributed by atoms with Gasteiger partial charge in [-0.3, -0.25) is 4.90 Å². The van der Waals surface area contributed by atoms with E-state index in [9.17, 15) is 5.11 Å². The number of aliphatic hydroxyl groups is 1. The van der Waals surface area contributed by atoms with Crippen molar-refractivity contribution in [1.29, 1.82) is 5.26 Å². The molecule has 120 valence electrons. The quantitative estimate of drug-likeness (QED) is 0.875. The van der Waals surface area contributed by atoms with E-state index in [1.54, 1.807) is 24.3 Å². The summed E-state index contributed by atoms with van der Waals surface area (Å²) in [6, 6.07) is 8.92. The summed E-state index contributed by atoms with van der Waals surface area (Å²) < 4.78 is 7.67. The molecule has 0 bridgehead atoms. The molecule has 7 nitrogen and oxygen atoms in total. The van der Waals surface area contributed by atoms with Crippen LogP contribution in [0.4, 0.5) is 0 Å². The second kappa shape index (κ2) is 6.77. The molecule has 1 N–H and O–H groups in total. The van der Waals surface area contributed by atoms with Gasteiger partial charge in [-0.25, -0.2) is 0 Å². The van der Waals surface area contributed by atoms with E-state index in [-0.39, 0.29) is 6.61 Å². The highest BCUT2D eigenvalue weighted by Crippen LogP contribution is 2.14. The van der Waals surface area contributed by atoms with Gasteiger partial charge in [-0.2, -0.15) is 5.26 Å². The molecule has 1 aliphatic rings. The number of nitriles is 1. The van der Waals surface area contributed by atoms with Crippen LogP contribution >= 0.6 is 0 Å². The van der Waals surface area contributed by atoms with E-state index in [0.29, 0.717) is 24.4 Å². The molecule has 1 aromatic carbocycles. The fourth-order valence-corrected chi connectivity index (χ4v) is 2.68. The summed E-state index contributed by atoms with van der Waals surface area (Å²) in [6.45, 7) is 5.09. The zero-order valence-electron chi connectivity index (χ0n) is 13.0. The molecule has 0 saturated heterocycles. The zero-order chi connectivity index (χ0) is 16.2. The number of aliphatic hydroxyl groups excluding tert-OH is 1. The van der Waals surface area contributed by atoms with Gasteiger partial charge in [0.1, 0.15) is 30.1 Å². The van der Waals surface area contributed by atoms with Crippen molar-refractivity contribution in [3.05, 3.63) is 41.5 Å². The molecule has 1 atom stereocenters. The Balaban J connectivity index is 1.48. The summed E-state index contributed by atoms with van der Waals surface area (Å²) in [5.41, 5.74) is 0.589. The van der Waals surface area contributed by atoms with Crippen molar-refractivity contribution < 1.29 is 9.84 Å². The smallest absolute Gasteiger partial charge is 0.147 e. The van der Waals surface area contributed by atoms with E-state index in [0.717, 1.165) is 24.7 Å².